The van der Waals surface area contributed by atoms with Gasteiger partial charge in [-0.15, -0.1) is 0 Å². The number of rotatable bonds is 7. The average molecular weight is 394 g/mol. The van der Waals surface area contributed by atoms with Gasteiger partial charge in [0.1, 0.15) is 0 Å². The summed E-state index contributed by atoms with van der Waals surface area (Å²) in [5.74, 6) is -2.58. The summed E-state index contributed by atoms with van der Waals surface area (Å²) < 4.78 is 52.2. The van der Waals surface area contributed by atoms with Gasteiger partial charge in [0.25, 0.3) is 0 Å². The van der Waals surface area contributed by atoms with Crippen LogP contribution in [0.25, 0.3) is 6.08 Å². The largest absolute Gasteiger partial charge is 0.322 e. The van der Waals surface area contributed by atoms with E-state index in [9.17, 15) is 22.0 Å². The van der Waals surface area contributed by atoms with E-state index in [1.54, 1.807) is 26.0 Å². The van der Waals surface area contributed by atoms with E-state index < -0.39 is 27.6 Å². The highest BCUT2D eigenvalue weighted by molar-refractivity contribution is 7.89. The Morgan fingerprint density at radius 3 is 2.22 bits per heavy atom. The third-order valence-corrected chi connectivity index (χ3v) is 5.90. The number of halogens is 2. The summed E-state index contributed by atoms with van der Waals surface area (Å²) in [7, 11) is -3.53. The second kappa shape index (κ2) is 8.88. The fraction of sp³-hybridized carbons (Fsp3) is 0.211. The zero-order valence-corrected chi connectivity index (χ0v) is 15.8. The van der Waals surface area contributed by atoms with Crippen LogP contribution in [0.5, 0.6) is 0 Å². The van der Waals surface area contributed by atoms with Crippen LogP contribution in [0, 0.1) is 11.6 Å². The zero-order valence-electron chi connectivity index (χ0n) is 14.9. The van der Waals surface area contributed by atoms with Crippen LogP contribution in [0.3, 0.4) is 0 Å². The minimum absolute atomic E-state index is 0.129. The molecule has 2 aromatic carbocycles. The number of nitrogens with one attached hydrogen (secondary N) is 1. The molecule has 0 bridgehead atoms. The summed E-state index contributed by atoms with van der Waals surface area (Å²) in [5.41, 5.74) is 0.748. The van der Waals surface area contributed by atoms with Crippen molar-refractivity contribution in [1.29, 1.82) is 0 Å². The van der Waals surface area contributed by atoms with Crippen molar-refractivity contribution in [2.24, 2.45) is 0 Å². The van der Waals surface area contributed by atoms with Crippen LogP contribution in [-0.2, 0) is 14.8 Å². The average Bonchev–Trinajstić information content (AvgIpc) is 2.64. The molecule has 0 aliphatic heterocycles. The van der Waals surface area contributed by atoms with Crippen molar-refractivity contribution in [3.05, 3.63) is 65.7 Å². The number of carbonyl (C=O) groups excluding carboxylic acids is 1. The van der Waals surface area contributed by atoms with Crippen molar-refractivity contribution in [3.8, 4) is 0 Å². The maximum atomic E-state index is 13.1. The smallest absolute Gasteiger partial charge is 0.248 e. The first kappa shape index (κ1) is 20.7. The third kappa shape index (κ3) is 5.21. The maximum absolute atomic E-state index is 13.1. The summed E-state index contributed by atoms with van der Waals surface area (Å²) in [5, 5.41) is 2.41. The Morgan fingerprint density at radius 2 is 1.67 bits per heavy atom. The first-order valence-corrected chi connectivity index (χ1v) is 9.76. The molecule has 1 amide bonds. The van der Waals surface area contributed by atoms with E-state index in [-0.39, 0.29) is 10.6 Å². The Hall–Kier alpha value is -2.58. The monoisotopic (exact) mass is 394 g/mol. The van der Waals surface area contributed by atoms with Gasteiger partial charge in [0.2, 0.25) is 15.9 Å². The highest BCUT2D eigenvalue weighted by Crippen LogP contribution is 2.17. The Morgan fingerprint density at radius 1 is 1.04 bits per heavy atom. The Bertz CT molecular complexity index is 938. The summed E-state index contributed by atoms with van der Waals surface area (Å²) in [6.07, 6.45) is 2.71. The third-order valence-electron chi connectivity index (χ3n) is 3.84. The minimum Gasteiger partial charge on any atom is -0.322 e. The summed E-state index contributed by atoms with van der Waals surface area (Å²) >= 11 is 0. The van der Waals surface area contributed by atoms with Gasteiger partial charge in [-0.05, 0) is 35.9 Å². The van der Waals surface area contributed by atoms with E-state index in [0.717, 1.165) is 12.1 Å². The lowest BCUT2D eigenvalue weighted by atomic mass is 10.2. The molecule has 0 saturated carbocycles. The topological polar surface area (TPSA) is 66.5 Å². The number of sulfonamides is 1. The number of benzene rings is 2. The van der Waals surface area contributed by atoms with Crippen LogP contribution in [0.15, 0.2) is 53.4 Å². The fourth-order valence-corrected chi connectivity index (χ4v) is 3.85. The molecule has 0 aliphatic carbocycles. The van der Waals surface area contributed by atoms with Crippen LogP contribution >= 0.6 is 0 Å². The van der Waals surface area contributed by atoms with Gasteiger partial charge in [0, 0.05) is 30.9 Å². The normalized spacial score (nSPS) is 11.9. The molecule has 0 heterocycles. The van der Waals surface area contributed by atoms with E-state index in [0.29, 0.717) is 18.7 Å². The number of hydrogen-bond donors (Lipinski definition) is 1. The number of anilines is 1. The molecule has 0 saturated heterocycles. The summed E-state index contributed by atoms with van der Waals surface area (Å²) in [6, 6.07) is 9.16. The molecular weight excluding hydrogens is 374 g/mol. The first-order chi connectivity index (χ1) is 12.8. The van der Waals surface area contributed by atoms with E-state index >= 15 is 0 Å². The quantitative estimate of drug-likeness (QED) is 0.729. The molecule has 0 radical (unpaired) electrons. The molecule has 5 nitrogen and oxygen atoms in total. The highest BCUT2D eigenvalue weighted by Gasteiger charge is 2.20. The molecular formula is C19H20F2N2O3S. The number of hydrogen-bond acceptors (Lipinski definition) is 3. The van der Waals surface area contributed by atoms with Gasteiger partial charge in [-0.3, -0.25) is 4.79 Å². The van der Waals surface area contributed by atoms with Crippen LogP contribution in [0.2, 0.25) is 0 Å². The number of amides is 1. The van der Waals surface area contributed by atoms with Crippen molar-refractivity contribution in [2.45, 2.75) is 18.7 Å². The van der Waals surface area contributed by atoms with E-state index in [1.807, 2.05) is 0 Å². The Kier molecular flexibility index (Phi) is 6.81. The van der Waals surface area contributed by atoms with Gasteiger partial charge in [0.05, 0.1) is 4.90 Å². The molecule has 2 aromatic rings. The van der Waals surface area contributed by atoms with Crippen LogP contribution < -0.4 is 5.32 Å². The van der Waals surface area contributed by atoms with E-state index in [1.165, 1.54) is 34.7 Å². The van der Waals surface area contributed by atoms with Crippen LogP contribution in [0.4, 0.5) is 14.5 Å². The van der Waals surface area contributed by atoms with Crippen LogP contribution in [-0.4, -0.2) is 31.7 Å². The molecule has 27 heavy (non-hydrogen) atoms. The SMILES string of the molecule is CCN(CC)S(=O)(=O)c1ccc(/C=C/C(=O)Nc2ccc(F)c(F)c2)cc1. The second-order valence-electron chi connectivity index (χ2n) is 5.61. The van der Waals surface area contributed by atoms with Gasteiger partial charge in [-0.1, -0.05) is 26.0 Å². The predicted molar refractivity (Wildman–Crippen MR) is 101 cm³/mol. The minimum atomic E-state index is -3.53. The Labute approximate surface area is 157 Å². The summed E-state index contributed by atoms with van der Waals surface area (Å²) in [6.45, 7) is 4.29. The highest BCUT2D eigenvalue weighted by atomic mass is 32.2. The molecule has 1 N–H and O–H groups in total. The zero-order chi connectivity index (χ0) is 20.0. The molecule has 0 aromatic heterocycles. The maximum Gasteiger partial charge on any atom is 0.248 e. The Balaban J connectivity index is 2.07. The molecule has 0 unspecified atom stereocenters. The molecule has 2 rings (SSSR count). The number of nitrogens with zero attached hydrogens (tertiary/aromatic N) is 1. The lowest BCUT2D eigenvalue weighted by Gasteiger charge is -2.18. The molecule has 0 spiro atoms. The number of carbonyl (C=O) groups is 1. The van der Waals surface area contributed by atoms with Gasteiger partial charge >= 0.3 is 0 Å². The van der Waals surface area contributed by atoms with Crippen LogP contribution in [0.1, 0.15) is 19.4 Å². The lowest BCUT2D eigenvalue weighted by molar-refractivity contribution is -0.111. The van der Waals surface area contributed by atoms with Gasteiger partial charge < -0.3 is 5.32 Å². The summed E-state index contributed by atoms with van der Waals surface area (Å²) in [4.78, 5) is 12.0. The molecule has 0 fully saturated rings. The van der Waals surface area contributed by atoms with Crippen molar-refractivity contribution >= 4 is 27.7 Å². The second-order valence-corrected chi connectivity index (χ2v) is 7.55. The molecule has 0 atom stereocenters. The van der Waals surface area contributed by atoms with Gasteiger partial charge in [-0.25, -0.2) is 17.2 Å². The molecule has 0 aliphatic rings. The van der Waals surface area contributed by atoms with E-state index in [4.69, 9.17) is 0 Å². The predicted octanol–water partition coefficient (Wildman–Crippen LogP) is 3.65. The molecule has 8 heteroatoms. The van der Waals surface area contributed by atoms with Crippen molar-refractivity contribution in [2.75, 3.05) is 18.4 Å². The van der Waals surface area contributed by atoms with Gasteiger partial charge in [0.15, 0.2) is 11.6 Å². The lowest BCUT2D eigenvalue weighted by Crippen LogP contribution is -2.30. The fourth-order valence-electron chi connectivity index (χ4n) is 2.39. The molecule has 144 valence electrons. The van der Waals surface area contributed by atoms with Gasteiger partial charge in [-0.2, -0.15) is 4.31 Å². The van der Waals surface area contributed by atoms with Crippen molar-refractivity contribution in [3.63, 3.8) is 0 Å². The van der Waals surface area contributed by atoms with Crippen molar-refractivity contribution in [1.82, 2.24) is 4.31 Å². The first-order valence-electron chi connectivity index (χ1n) is 8.32. The standard InChI is InChI=1S/C19H20F2N2O3S/c1-3-23(4-2)27(25,26)16-9-5-14(6-10-16)7-12-19(24)22-15-8-11-17(20)18(21)13-15/h5-13H,3-4H2,1-2H3,(H,22,24)/b12-7+. The van der Waals surface area contributed by atoms with Crippen molar-refractivity contribution < 1.29 is 22.0 Å². The van der Waals surface area contributed by atoms with E-state index in [2.05, 4.69) is 5.32 Å².